The number of sulfonamides is 1. The van der Waals surface area contributed by atoms with E-state index in [0.717, 1.165) is 16.5 Å². The van der Waals surface area contributed by atoms with Gasteiger partial charge in [0.15, 0.2) is 5.82 Å². The number of halogens is 1. The predicted molar refractivity (Wildman–Crippen MR) is 85.8 cm³/mol. The second kappa shape index (κ2) is 5.16. The number of aromatic nitrogens is 2. The Hall–Kier alpha value is -1.86. The summed E-state index contributed by atoms with van der Waals surface area (Å²) >= 11 is 3.29. The molecule has 0 unspecified atom stereocenters. The first-order valence-corrected chi connectivity index (χ1v) is 8.47. The van der Waals surface area contributed by atoms with Crippen molar-refractivity contribution in [3.8, 4) is 0 Å². The van der Waals surface area contributed by atoms with Crippen molar-refractivity contribution in [3.63, 3.8) is 0 Å². The molecule has 0 aliphatic carbocycles. The van der Waals surface area contributed by atoms with E-state index in [1.165, 1.54) is 0 Å². The Bertz CT molecular complexity index is 919. The van der Waals surface area contributed by atoms with Crippen LogP contribution >= 0.6 is 15.9 Å². The summed E-state index contributed by atoms with van der Waals surface area (Å²) in [6, 6.07) is 12.4. The highest BCUT2D eigenvalue weighted by atomic mass is 79.9. The predicted octanol–water partition coefficient (Wildman–Crippen LogP) is 3.43. The van der Waals surface area contributed by atoms with Crippen molar-refractivity contribution in [2.24, 2.45) is 0 Å². The van der Waals surface area contributed by atoms with E-state index < -0.39 is 10.0 Å². The molecule has 0 aliphatic rings. The fourth-order valence-corrected chi connectivity index (χ4v) is 4.26. The molecule has 108 valence electrons. The van der Waals surface area contributed by atoms with Crippen LogP contribution in [0.3, 0.4) is 0 Å². The summed E-state index contributed by atoms with van der Waals surface area (Å²) in [5, 5.41) is 7.55. The maximum atomic E-state index is 12.5. The number of hydrogen-bond donors (Lipinski definition) is 2. The zero-order chi connectivity index (χ0) is 15.0. The second-order valence-electron chi connectivity index (χ2n) is 4.66. The van der Waals surface area contributed by atoms with Crippen molar-refractivity contribution in [1.29, 1.82) is 0 Å². The van der Waals surface area contributed by atoms with Crippen LogP contribution in [0.15, 0.2) is 51.8 Å². The molecule has 21 heavy (non-hydrogen) atoms. The van der Waals surface area contributed by atoms with Gasteiger partial charge < -0.3 is 0 Å². The molecule has 0 radical (unpaired) electrons. The number of aryl methyl sites for hydroxylation is 1. The molecule has 3 aromatic rings. The SMILES string of the molecule is Cc1ccc(S(=O)(=O)Nc2n[nH]c3ccccc23)c(Br)c1. The van der Waals surface area contributed by atoms with Crippen LogP contribution < -0.4 is 4.72 Å². The van der Waals surface area contributed by atoms with Gasteiger partial charge in [0.05, 0.1) is 5.52 Å². The number of para-hydroxylation sites is 1. The smallest absolute Gasteiger partial charge is 0.264 e. The number of rotatable bonds is 3. The van der Waals surface area contributed by atoms with Gasteiger partial charge in [0, 0.05) is 9.86 Å². The van der Waals surface area contributed by atoms with Gasteiger partial charge in [-0.15, -0.1) is 0 Å². The van der Waals surface area contributed by atoms with E-state index in [4.69, 9.17) is 0 Å². The summed E-state index contributed by atoms with van der Waals surface area (Å²) in [5.74, 6) is 0.290. The molecule has 2 aromatic carbocycles. The molecule has 2 N–H and O–H groups in total. The summed E-state index contributed by atoms with van der Waals surface area (Å²) < 4.78 is 28.0. The van der Waals surface area contributed by atoms with Gasteiger partial charge in [-0.1, -0.05) is 18.2 Å². The number of aromatic amines is 1. The minimum Gasteiger partial charge on any atom is -0.276 e. The molecule has 0 fully saturated rings. The minimum atomic E-state index is -3.70. The van der Waals surface area contributed by atoms with Crippen molar-refractivity contribution in [2.45, 2.75) is 11.8 Å². The standard InChI is InChI=1S/C14H12BrN3O2S/c1-9-6-7-13(11(15)8-9)21(19,20)18-14-10-4-2-3-5-12(10)16-17-14/h2-8H,1H3,(H2,16,17,18). The molecular formula is C14H12BrN3O2S. The van der Waals surface area contributed by atoms with Gasteiger partial charge in [0.1, 0.15) is 4.90 Å². The number of benzene rings is 2. The van der Waals surface area contributed by atoms with Crippen molar-refractivity contribution in [2.75, 3.05) is 4.72 Å². The van der Waals surface area contributed by atoms with E-state index in [9.17, 15) is 8.42 Å². The Morgan fingerprint density at radius 3 is 2.71 bits per heavy atom. The van der Waals surface area contributed by atoms with Gasteiger partial charge in [0.2, 0.25) is 0 Å². The molecule has 1 aromatic heterocycles. The monoisotopic (exact) mass is 365 g/mol. The quantitative estimate of drug-likeness (QED) is 0.746. The molecule has 7 heteroatoms. The maximum absolute atomic E-state index is 12.5. The summed E-state index contributed by atoms with van der Waals surface area (Å²) in [7, 11) is -3.70. The van der Waals surface area contributed by atoms with Gasteiger partial charge in [-0.3, -0.25) is 9.82 Å². The first-order chi connectivity index (χ1) is 9.97. The van der Waals surface area contributed by atoms with Crippen LogP contribution in [0.4, 0.5) is 5.82 Å². The van der Waals surface area contributed by atoms with Crippen LogP contribution in [0.25, 0.3) is 10.9 Å². The average Bonchev–Trinajstić information content (AvgIpc) is 2.81. The Labute approximate surface area is 130 Å². The number of anilines is 1. The third kappa shape index (κ3) is 2.66. The van der Waals surface area contributed by atoms with Crippen molar-refractivity contribution in [1.82, 2.24) is 10.2 Å². The molecule has 1 heterocycles. The topological polar surface area (TPSA) is 74.8 Å². The summed E-state index contributed by atoms with van der Waals surface area (Å²) in [5.41, 5.74) is 1.75. The molecule has 0 aliphatic heterocycles. The van der Waals surface area contributed by atoms with Crippen LogP contribution in [0, 0.1) is 6.92 Å². The number of fused-ring (bicyclic) bond motifs is 1. The largest absolute Gasteiger partial charge is 0.276 e. The fourth-order valence-electron chi connectivity index (χ4n) is 2.05. The van der Waals surface area contributed by atoms with E-state index >= 15 is 0 Å². The molecule has 5 nitrogen and oxygen atoms in total. The molecule has 0 atom stereocenters. The van der Waals surface area contributed by atoms with Crippen LogP contribution in [-0.4, -0.2) is 18.6 Å². The molecule has 0 spiro atoms. The Morgan fingerprint density at radius 2 is 1.95 bits per heavy atom. The Morgan fingerprint density at radius 1 is 1.19 bits per heavy atom. The van der Waals surface area contributed by atoms with Gasteiger partial charge >= 0.3 is 0 Å². The van der Waals surface area contributed by atoms with Crippen molar-refractivity contribution in [3.05, 3.63) is 52.5 Å². The summed E-state index contributed by atoms with van der Waals surface area (Å²) in [6.07, 6.45) is 0. The zero-order valence-electron chi connectivity index (χ0n) is 11.1. The highest BCUT2D eigenvalue weighted by Crippen LogP contribution is 2.27. The number of nitrogens with zero attached hydrogens (tertiary/aromatic N) is 1. The lowest BCUT2D eigenvalue weighted by atomic mass is 10.2. The number of H-pyrrole nitrogens is 1. The van der Waals surface area contributed by atoms with Gasteiger partial charge in [-0.25, -0.2) is 8.42 Å². The lowest BCUT2D eigenvalue weighted by molar-refractivity contribution is 0.600. The molecule has 3 rings (SSSR count). The molecular weight excluding hydrogens is 354 g/mol. The number of nitrogens with one attached hydrogen (secondary N) is 2. The Balaban J connectivity index is 2.03. The lowest BCUT2D eigenvalue weighted by Gasteiger charge is -2.08. The van der Waals surface area contributed by atoms with E-state index in [0.29, 0.717) is 4.47 Å². The second-order valence-corrected chi connectivity index (χ2v) is 7.16. The van der Waals surface area contributed by atoms with Crippen LogP contribution in [-0.2, 0) is 10.0 Å². The highest BCUT2D eigenvalue weighted by molar-refractivity contribution is 9.10. The molecule has 0 bridgehead atoms. The van der Waals surface area contributed by atoms with E-state index in [-0.39, 0.29) is 10.7 Å². The maximum Gasteiger partial charge on any atom is 0.264 e. The highest BCUT2D eigenvalue weighted by Gasteiger charge is 2.20. The average molecular weight is 366 g/mol. The first kappa shape index (κ1) is 14.1. The normalized spacial score (nSPS) is 11.7. The molecule has 0 amide bonds. The van der Waals surface area contributed by atoms with Crippen molar-refractivity contribution >= 4 is 42.7 Å². The van der Waals surface area contributed by atoms with Crippen LogP contribution in [0.5, 0.6) is 0 Å². The number of hydrogen-bond acceptors (Lipinski definition) is 3. The Kier molecular flexibility index (Phi) is 3.46. The van der Waals surface area contributed by atoms with Gasteiger partial charge in [-0.05, 0) is 52.7 Å². The van der Waals surface area contributed by atoms with Gasteiger partial charge in [-0.2, -0.15) is 5.10 Å². The minimum absolute atomic E-state index is 0.181. The first-order valence-electron chi connectivity index (χ1n) is 6.19. The summed E-state index contributed by atoms with van der Waals surface area (Å²) in [4.78, 5) is 0.181. The van der Waals surface area contributed by atoms with E-state index in [1.807, 2.05) is 25.1 Å². The van der Waals surface area contributed by atoms with E-state index in [1.54, 1.807) is 24.3 Å². The lowest BCUT2D eigenvalue weighted by Crippen LogP contribution is -2.14. The molecule has 0 saturated carbocycles. The van der Waals surface area contributed by atoms with Crippen molar-refractivity contribution < 1.29 is 8.42 Å². The van der Waals surface area contributed by atoms with Gasteiger partial charge in [0.25, 0.3) is 10.0 Å². The zero-order valence-corrected chi connectivity index (χ0v) is 13.5. The van der Waals surface area contributed by atoms with Crippen LogP contribution in [0.2, 0.25) is 0 Å². The summed E-state index contributed by atoms with van der Waals surface area (Å²) in [6.45, 7) is 1.90. The van der Waals surface area contributed by atoms with Crippen LogP contribution in [0.1, 0.15) is 5.56 Å². The fraction of sp³-hybridized carbons (Fsp3) is 0.0714. The molecule has 0 saturated heterocycles. The third-order valence-electron chi connectivity index (χ3n) is 3.08. The van der Waals surface area contributed by atoms with E-state index in [2.05, 4.69) is 30.8 Å². The third-order valence-corrected chi connectivity index (χ3v) is 5.39.